The normalized spacial score (nSPS) is 18.1. The molecule has 1 saturated heterocycles. The molecule has 3 aliphatic rings. The number of aliphatic hydroxyl groups is 1. The second kappa shape index (κ2) is 32.3. The smallest absolute Gasteiger partial charge is 0.312 e. The monoisotopic (exact) mass is 1200 g/mol. The molecule has 0 unspecified atom stereocenters. The minimum atomic E-state index is -1.59. The number of primary amides is 2. The standard InChI is InChI=1S/C57H82N16O13/c1-31(74)67-44(23-34-16-18-36(75)19-17-34)55(85)73-30-37(76)25-46(73)54(84)72-45(27-66-57(60)86)51(81)65-29-47(77)68-42(21-32-9-4-3-5-10-32)50(80)64-28-48(78)69-43(22-33-14-15-33)53(83)70-40(13-8-20-62-56(59)61-2)52(82)71-41(49(58)79)24-35-26-63-39-12-7-6-11-38(35)39/h6-7,11-12,16-19,26,32-33,37,40-46,63,75-76H,3-5,8-10,13-15,20-25,27-30H2,1-2H3,(H2,58,79)(H,64,80)(H,65,81)(H,67,74)(H,68,77)(H,69,78)(H,70,83)(H,71,82)(H,72,84)(H3,59,61,62)(H3,60,66,86)/t37-,40+,41+,42+,43+,44-,45+,46+/m1/s1. The molecule has 0 spiro atoms. The molecule has 3 aromatic rings. The van der Waals surface area contributed by atoms with Crippen LogP contribution in [0.5, 0.6) is 5.75 Å². The van der Waals surface area contributed by atoms with Crippen LogP contribution in [0.15, 0.2) is 59.7 Å². The Morgan fingerprint density at radius 3 is 1.88 bits per heavy atom. The quantitative estimate of drug-likeness (QED) is 0.0174. The van der Waals surface area contributed by atoms with E-state index >= 15 is 0 Å². The number of aliphatic hydroxyl groups excluding tert-OH is 1. The van der Waals surface area contributed by atoms with E-state index in [-0.39, 0.29) is 75.2 Å². The fourth-order valence-corrected chi connectivity index (χ4v) is 10.6. The number of aliphatic imine (C=N–C) groups is 1. The Balaban J connectivity index is 1.07. The summed E-state index contributed by atoms with van der Waals surface area (Å²) in [6, 6.07) is 3.41. The minimum absolute atomic E-state index is 0.0148. The molecule has 86 heavy (non-hydrogen) atoms. The van der Waals surface area contributed by atoms with Gasteiger partial charge in [0.2, 0.25) is 59.1 Å². The van der Waals surface area contributed by atoms with Crippen LogP contribution >= 0.6 is 0 Å². The van der Waals surface area contributed by atoms with Crippen LogP contribution in [0, 0.1) is 11.8 Å². The molecule has 3 fully saturated rings. The highest BCUT2D eigenvalue weighted by Crippen LogP contribution is 2.34. The number of para-hydroxylation sites is 1. The fraction of sp³-hybridized carbons (Fsp3) is 0.544. The number of rotatable bonds is 31. The number of hydrogen-bond donors (Lipinski definition) is 16. The summed E-state index contributed by atoms with van der Waals surface area (Å²) in [7, 11) is 1.50. The zero-order chi connectivity index (χ0) is 62.5. The van der Waals surface area contributed by atoms with Gasteiger partial charge in [-0.25, -0.2) is 4.79 Å². The third-order valence-corrected chi connectivity index (χ3v) is 15.3. The first kappa shape index (κ1) is 66.1. The molecule has 1 aromatic heterocycles. The Morgan fingerprint density at radius 1 is 0.663 bits per heavy atom. The lowest BCUT2D eigenvalue weighted by molar-refractivity contribution is -0.142. The molecule has 29 heteroatoms. The average Bonchev–Trinajstić information content (AvgIpc) is 3.80. The SMILES string of the molecule is CN=C(N)NCCC[C@H](NC(=O)[C@H](CC1CC1)NC(=O)CNC(=O)[C@H](CC1CCCCC1)NC(=O)CNC(=O)[C@H](CNC(N)=O)NC(=O)[C@@H]1C[C@@H](O)CN1C(=O)[C@@H](Cc1ccc(O)cc1)NC(C)=O)C(=O)N[C@@H](Cc1c[nH]c2ccccc12)C(N)=O. The lowest BCUT2D eigenvalue weighted by Crippen LogP contribution is -2.59. The molecule has 2 aromatic carbocycles. The number of benzene rings is 2. The first-order valence-corrected chi connectivity index (χ1v) is 29.0. The summed E-state index contributed by atoms with van der Waals surface area (Å²) in [6.07, 6.45) is 6.98. The van der Waals surface area contributed by atoms with Crippen LogP contribution < -0.4 is 70.4 Å². The van der Waals surface area contributed by atoms with Gasteiger partial charge in [-0.3, -0.25) is 52.9 Å². The Labute approximate surface area is 497 Å². The predicted octanol–water partition coefficient (Wildman–Crippen LogP) is -2.98. The van der Waals surface area contributed by atoms with Crippen LogP contribution in [0.2, 0.25) is 0 Å². The molecule has 468 valence electrons. The van der Waals surface area contributed by atoms with Crippen molar-refractivity contribution >= 4 is 82.0 Å². The number of aromatic nitrogens is 1. The minimum Gasteiger partial charge on any atom is -0.508 e. The van der Waals surface area contributed by atoms with E-state index in [1.54, 1.807) is 18.3 Å². The van der Waals surface area contributed by atoms with Crippen molar-refractivity contribution in [3.05, 3.63) is 65.9 Å². The molecule has 2 aliphatic carbocycles. The number of nitrogens with two attached hydrogens (primary N) is 3. The number of urea groups is 1. The van der Waals surface area contributed by atoms with Gasteiger partial charge in [-0.05, 0) is 66.8 Å². The lowest BCUT2D eigenvalue weighted by Gasteiger charge is -2.29. The van der Waals surface area contributed by atoms with Crippen molar-refractivity contribution in [2.45, 2.75) is 145 Å². The van der Waals surface area contributed by atoms with Gasteiger partial charge in [0.1, 0.15) is 48.0 Å². The summed E-state index contributed by atoms with van der Waals surface area (Å²) in [5.74, 6) is -7.44. The summed E-state index contributed by atoms with van der Waals surface area (Å²) in [6.45, 7) is -0.753. The Hall–Kier alpha value is -9.02. The van der Waals surface area contributed by atoms with Crippen molar-refractivity contribution in [3.63, 3.8) is 0 Å². The molecule has 6 rings (SSSR count). The highest BCUT2D eigenvalue weighted by molar-refractivity contribution is 5.98. The van der Waals surface area contributed by atoms with E-state index in [0.717, 1.165) is 66.3 Å². The number of amides is 12. The number of H-pyrrole nitrogens is 1. The van der Waals surface area contributed by atoms with Crippen molar-refractivity contribution in [1.29, 1.82) is 0 Å². The third-order valence-electron chi connectivity index (χ3n) is 15.3. The van der Waals surface area contributed by atoms with Gasteiger partial charge in [-0.2, -0.15) is 0 Å². The van der Waals surface area contributed by atoms with E-state index < -0.39 is 133 Å². The van der Waals surface area contributed by atoms with Gasteiger partial charge in [-0.1, -0.05) is 75.3 Å². The van der Waals surface area contributed by atoms with E-state index in [9.17, 15) is 63.0 Å². The number of phenolic OH excluding ortho intramolecular Hbond substituents is 1. The molecule has 0 bridgehead atoms. The summed E-state index contributed by atoms with van der Waals surface area (Å²) >= 11 is 0. The molecule has 1 aliphatic heterocycles. The van der Waals surface area contributed by atoms with E-state index in [1.165, 1.54) is 26.1 Å². The maximum atomic E-state index is 14.1. The highest BCUT2D eigenvalue weighted by Gasteiger charge is 2.43. The van der Waals surface area contributed by atoms with Gasteiger partial charge in [-0.15, -0.1) is 0 Å². The Bertz CT molecular complexity index is 2930. The van der Waals surface area contributed by atoms with Gasteiger partial charge in [0.25, 0.3) is 0 Å². The molecule has 2 heterocycles. The van der Waals surface area contributed by atoms with Crippen molar-refractivity contribution in [1.82, 2.24) is 63.1 Å². The number of nitrogens with one attached hydrogen (secondary N) is 11. The first-order valence-electron chi connectivity index (χ1n) is 29.0. The van der Waals surface area contributed by atoms with Gasteiger partial charge in [0.05, 0.1) is 19.2 Å². The molecule has 8 atom stereocenters. The van der Waals surface area contributed by atoms with Gasteiger partial charge in [0, 0.05) is 70.0 Å². The number of aromatic amines is 1. The molecule has 2 saturated carbocycles. The third kappa shape index (κ3) is 20.9. The van der Waals surface area contributed by atoms with Gasteiger partial charge < -0.3 is 90.5 Å². The summed E-state index contributed by atoms with van der Waals surface area (Å²) in [5, 5.41) is 47.2. The van der Waals surface area contributed by atoms with Crippen molar-refractivity contribution < 1.29 is 63.0 Å². The average molecular weight is 1200 g/mol. The van der Waals surface area contributed by atoms with Crippen LogP contribution in [0.1, 0.15) is 95.1 Å². The van der Waals surface area contributed by atoms with Gasteiger partial charge in [0.15, 0.2) is 5.96 Å². The number of carbonyl (C=O) groups is 11. The Kier molecular flexibility index (Phi) is 24.8. The zero-order valence-corrected chi connectivity index (χ0v) is 48.4. The second-order valence-corrected chi connectivity index (χ2v) is 22.2. The van der Waals surface area contributed by atoms with Crippen LogP contribution in [0.25, 0.3) is 10.9 Å². The van der Waals surface area contributed by atoms with E-state index in [2.05, 4.69) is 63.1 Å². The molecule has 19 N–H and O–H groups in total. The second-order valence-electron chi connectivity index (χ2n) is 22.2. The van der Waals surface area contributed by atoms with Crippen molar-refractivity contribution in [2.24, 2.45) is 34.0 Å². The molecular weight excluding hydrogens is 1120 g/mol. The largest absolute Gasteiger partial charge is 0.508 e. The van der Waals surface area contributed by atoms with E-state index in [1.807, 2.05) is 24.3 Å². The highest BCUT2D eigenvalue weighted by atomic mass is 16.3. The predicted molar refractivity (Wildman–Crippen MR) is 313 cm³/mol. The number of aromatic hydroxyl groups is 1. The Morgan fingerprint density at radius 2 is 1.27 bits per heavy atom. The number of nitrogens with zero attached hydrogens (tertiary/aromatic N) is 2. The number of β-amino-alcohol motifs (C(OH)–C–C–N with tert-alkyl or cyclic N) is 1. The van der Waals surface area contributed by atoms with Crippen LogP contribution in [-0.4, -0.2) is 179 Å². The van der Waals surface area contributed by atoms with Gasteiger partial charge >= 0.3 is 6.03 Å². The zero-order valence-electron chi connectivity index (χ0n) is 48.4. The van der Waals surface area contributed by atoms with Crippen LogP contribution in [0.4, 0.5) is 4.79 Å². The number of fused-ring (bicyclic) bond motifs is 1. The molecule has 29 nitrogen and oxygen atoms in total. The van der Waals surface area contributed by atoms with Crippen LogP contribution in [-0.2, 0) is 60.8 Å². The van der Waals surface area contributed by atoms with E-state index in [0.29, 0.717) is 12.0 Å². The van der Waals surface area contributed by atoms with Crippen molar-refractivity contribution in [2.75, 3.05) is 39.8 Å². The first-order chi connectivity index (χ1) is 41.1. The fourth-order valence-electron chi connectivity index (χ4n) is 10.6. The summed E-state index contributed by atoms with van der Waals surface area (Å²) in [4.78, 5) is 156. The molecular formula is C57H82N16O13. The topological polar surface area (TPSA) is 458 Å². The summed E-state index contributed by atoms with van der Waals surface area (Å²) < 4.78 is 0. The molecule has 0 radical (unpaired) electrons. The number of guanidine groups is 1. The van der Waals surface area contributed by atoms with Crippen LogP contribution in [0.3, 0.4) is 0 Å². The number of hydrogen-bond acceptors (Lipinski definition) is 14. The van der Waals surface area contributed by atoms with Crippen molar-refractivity contribution in [3.8, 4) is 5.75 Å². The summed E-state index contributed by atoms with van der Waals surface area (Å²) in [5.41, 5.74) is 19.0. The number of likely N-dealkylation sites (tertiary alicyclic amines) is 1. The lowest BCUT2D eigenvalue weighted by atomic mass is 9.84. The number of phenols is 1. The van der Waals surface area contributed by atoms with E-state index in [4.69, 9.17) is 17.2 Å². The number of carbonyl (C=O) groups excluding carboxylic acids is 11. The maximum Gasteiger partial charge on any atom is 0.312 e. The maximum absolute atomic E-state index is 14.1. The molecule has 12 amide bonds.